The van der Waals surface area contributed by atoms with Gasteiger partial charge in [-0.15, -0.1) is 0 Å². The van der Waals surface area contributed by atoms with E-state index in [1.54, 1.807) is 0 Å². The summed E-state index contributed by atoms with van der Waals surface area (Å²) in [5.41, 5.74) is 5.07. The number of aryl methyl sites for hydroxylation is 1. The van der Waals surface area contributed by atoms with Crippen LogP contribution in [0.3, 0.4) is 0 Å². The van der Waals surface area contributed by atoms with E-state index in [1.807, 2.05) is 19.4 Å². The molecule has 2 nitrogen and oxygen atoms in total. The minimum atomic E-state index is 0.857. The van der Waals surface area contributed by atoms with Gasteiger partial charge in [0, 0.05) is 24.5 Å². The molecule has 1 heterocycles. The number of hydrogen-bond acceptors (Lipinski definition) is 2. The Morgan fingerprint density at radius 2 is 1.79 bits per heavy atom. The highest BCUT2D eigenvalue weighted by Crippen LogP contribution is 2.20. The summed E-state index contributed by atoms with van der Waals surface area (Å²) in [5, 5.41) is 3.15. The van der Waals surface area contributed by atoms with Crippen LogP contribution < -0.4 is 5.32 Å². The Kier molecular flexibility index (Phi) is 5.10. The van der Waals surface area contributed by atoms with Crippen molar-refractivity contribution in [2.75, 3.05) is 7.05 Å². The second-order valence-corrected chi connectivity index (χ2v) is 4.91. The summed E-state index contributed by atoms with van der Waals surface area (Å²) in [7, 11) is 1.95. The topological polar surface area (TPSA) is 24.9 Å². The van der Waals surface area contributed by atoms with E-state index in [-0.39, 0.29) is 0 Å². The maximum Gasteiger partial charge on any atom is 0.0346 e. The van der Waals surface area contributed by atoms with Crippen LogP contribution in [0.1, 0.15) is 30.9 Å². The fourth-order valence-electron chi connectivity index (χ4n) is 2.19. The summed E-state index contributed by atoms with van der Waals surface area (Å²) in [5.74, 6) is 0. The van der Waals surface area contributed by atoms with Gasteiger partial charge in [0.05, 0.1) is 0 Å². The molecular weight excluding hydrogens is 232 g/mol. The molecule has 1 N–H and O–H groups in total. The van der Waals surface area contributed by atoms with Gasteiger partial charge in [0.15, 0.2) is 0 Å². The Hall–Kier alpha value is -1.67. The van der Waals surface area contributed by atoms with E-state index < -0.39 is 0 Å². The van der Waals surface area contributed by atoms with Crippen LogP contribution in [0, 0.1) is 0 Å². The van der Waals surface area contributed by atoms with Crippen LogP contribution in [-0.2, 0) is 13.0 Å². The second-order valence-electron chi connectivity index (χ2n) is 4.91. The van der Waals surface area contributed by atoms with Crippen molar-refractivity contribution >= 4 is 0 Å². The molecule has 0 amide bonds. The van der Waals surface area contributed by atoms with Crippen LogP contribution in [0.5, 0.6) is 0 Å². The Labute approximate surface area is 115 Å². The van der Waals surface area contributed by atoms with Crippen LogP contribution in [0.15, 0.2) is 42.7 Å². The zero-order valence-electron chi connectivity index (χ0n) is 11.8. The number of benzene rings is 1. The van der Waals surface area contributed by atoms with E-state index in [0.29, 0.717) is 0 Å². The van der Waals surface area contributed by atoms with Crippen molar-refractivity contribution in [3.05, 3.63) is 53.9 Å². The molecule has 0 saturated heterocycles. The zero-order chi connectivity index (χ0) is 13.5. The number of aromatic nitrogens is 1. The van der Waals surface area contributed by atoms with Crippen LogP contribution in [0.4, 0.5) is 0 Å². The molecule has 0 radical (unpaired) electrons. The molecule has 0 aliphatic heterocycles. The van der Waals surface area contributed by atoms with Gasteiger partial charge in [0.2, 0.25) is 0 Å². The van der Waals surface area contributed by atoms with Gasteiger partial charge in [-0.1, -0.05) is 37.6 Å². The number of nitrogens with zero attached hydrogens (tertiary/aromatic N) is 1. The first kappa shape index (κ1) is 13.8. The zero-order valence-corrected chi connectivity index (χ0v) is 11.8. The quantitative estimate of drug-likeness (QED) is 0.848. The van der Waals surface area contributed by atoms with E-state index in [2.05, 4.69) is 47.6 Å². The second kappa shape index (κ2) is 7.05. The average Bonchev–Trinajstić information content (AvgIpc) is 2.46. The van der Waals surface area contributed by atoms with E-state index in [9.17, 15) is 0 Å². The van der Waals surface area contributed by atoms with Crippen LogP contribution in [0.25, 0.3) is 11.1 Å². The van der Waals surface area contributed by atoms with Crippen LogP contribution >= 0.6 is 0 Å². The predicted octanol–water partition coefficient (Wildman–Crippen LogP) is 3.81. The number of pyridine rings is 1. The first-order chi connectivity index (χ1) is 9.33. The lowest BCUT2D eigenvalue weighted by atomic mass is 10.0. The largest absolute Gasteiger partial charge is 0.316 e. The van der Waals surface area contributed by atoms with Crippen molar-refractivity contribution in [2.45, 2.75) is 32.7 Å². The molecule has 0 bridgehead atoms. The van der Waals surface area contributed by atoms with Crippen molar-refractivity contribution in [1.82, 2.24) is 10.3 Å². The van der Waals surface area contributed by atoms with E-state index in [1.165, 1.54) is 41.5 Å². The molecule has 2 heteroatoms. The third-order valence-electron chi connectivity index (χ3n) is 3.28. The summed E-state index contributed by atoms with van der Waals surface area (Å²) >= 11 is 0. The van der Waals surface area contributed by atoms with Crippen LogP contribution in [-0.4, -0.2) is 12.0 Å². The maximum absolute atomic E-state index is 4.31. The van der Waals surface area contributed by atoms with Gasteiger partial charge < -0.3 is 5.32 Å². The van der Waals surface area contributed by atoms with E-state index >= 15 is 0 Å². The monoisotopic (exact) mass is 254 g/mol. The van der Waals surface area contributed by atoms with Gasteiger partial charge in [-0.3, -0.25) is 4.98 Å². The Morgan fingerprint density at radius 1 is 1.00 bits per heavy atom. The summed E-state index contributed by atoms with van der Waals surface area (Å²) in [6.07, 6.45) is 7.53. The summed E-state index contributed by atoms with van der Waals surface area (Å²) in [6, 6.07) is 11.1. The van der Waals surface area contributed by atoms with Crippen molar-refractivity contribution in [1.29, 1.82) is 0 Å². The first-order valence-electron chi connectivity index (χ1n) is 7.01. The number of unbranched alkanes of at least 4 members (excludes halogenated alkanes) is 1. The normalized spacial score (nSPS) is 10.6. The maximum atomic E-state index is 4.31. The van der Waals surface area contributed by atoms with Gasteiger partial charge >= 0.3 is 0 Å². The highest BCUT2D eigenvalue weighted by atomic mass is 14.8. The van der Waals surface area contributed by atoms with Gasteiger partial charge in [-0.05, 0) is 42.6 Å². The molecule has 0 atom stereocenters. The molecular formula is C17H22N2. The number of rotatable bonds is 6. The van der Waals surface area contributed by atoms with Gasteiger partial charge in [0.1, 0.15) is 0 Å². The molecule has 0 unspecified atom stereocenters. The third kappa shape index (κ3) is 3.90. The predicted molar refractivity (Wildman–Crippen MR) is 81.0 cm³/mol. The summed E-state index contributed by atoms with van der Waals surface area (Å²) in [6.45, 7) is 3.09. The van der Waals surface area contributed by atoms with Crippen molar-refractivity contribution in [3.63, 3.8) is 0 Å². The van der Waals surface area contributed by atoms with E-state index in [4.69, 9.17) is 0 Å². The highest BCUT2D eigenvalue weighted by molar-refractivity contribution is 5.63. The molecule has 100 valence electrons. The van der Waals surface area contributed by atoms with Gasteiger partial charge in [0.25, 0.3) is 0 Å². The van der Waals surface area contributed by atoms with Gasteiger partial charge in [-0.25, -0.2) is 0 Å². The summed E-state index contributed by atoms with van der Waals surface area (Å²) in [4.78, 5) is 4.31. The minimum absolute atomic E-state index is 0.857. The molecule has 2 rings (SSSR count). The SMILES string of the molecule is CCCCc1ccc(-c2cncc(CNC)c2)cc1. The van der Waals surface area contributed by atoms with Crippen LogP contribution in [0.2, 0.25) is 0 Å². The number of nitrogens with one attached hydrogen (secondary N) is 1. The minimum Gasteiger partial charge on any atom is -0.316 e. The van der Waals surface area contributed by atoms with E-state index in [0.717, 1.165) is 6.54 Å². The standard InChI is InChI=1S/C17H22N2/c1-3-4-5-14-6-8-16(9-7-14)17-10-15(11-18-2)12-19-13-17/h6-10,12-13,18H,3-5,11H2,1-2H3. The highest BCUT2D eigenvalue weighted by Gasteiger charge is 2.00. The molecule has 2 aromatic rings. The smallest absolute Gasteiger partial charge is 0.0346 e. The fraction of sp³-hybridized carbons (Fsp3) is 0.353. The third-order valence-corrected chi connectivity index (χ3v) is 3.28. The Morgan fingerprint density at radius 3 is 2.47 bits per heavy atom. The van der Waals surface area contributed by atoms with Crippen molar-refractivity contribution in [3.8, 4) is 11.1 Å². The molecule has 19 heavy (non-hydrogen) atoms. The van der Waals surface area contributed by atoms with Gasteiger partial charge in [-0.2, -0.15) is 0 Å². The number of hydrogen-bond donors (Lipinski definition) is 1. The molecule has 1 aromatic heterocycles. The average molecular weight is 254 g/mol. The lowest BCUT2D eigenvalue weighted by Gasteiger charge is -2.06. The van der Waals surface area contributed by atoms with Crippen molar-refractivity contribution < 1.29 is 0 Å². The molecule has 0 aliphatic rings. The molecule has 1 aromatic carbocycles. The molecule has 0 aliphatic carbocycles. The fourth-order valence-corrected chi connectivity index (χ4v) is 2.19. The Bertz CT molecular complexity index is 503. The lowest BCUT2D eigenvalue weighted by molar-refractivity contribution is 0.795. The molecule has 0 saturated carbocycles. The molecule has 0 spiro atoms. The summed E-state index contributed by atoms with van der Waals surface area (Å²) < 4.78 is 0. The lowest BCUT2D eigenvalue weighted by Crippen LogP contribution is -2.05. The first-order valence-corrected chi connectivity index (χ1v) is 7.01. The molecule has 0 fully saturated rings. The van der Waals surface area contributed by atoms with Crippen molar-refractivity contribution in [2.24, 2.45) is 0 Å². The Balaban J connectivity index is 2.14.